The van der Waals surface area contributed by atoms with Crippen LogP contribution >= 0.6 is 0 Å². The molecule has 0 aliphatic heterocycles. The molecule has 20 heavy (non-hydrogen) atoms. The number of aryl methyl sites for hydroxylation is 1. The standard InChI is InChI=1S/C11H12FNO6S/c1-6-4-7(12)2-3-9(6)20(18,19)13-8(11(16)17)5-10(14)15/h2-4,8,13H,5H2,1H3,(H,14,15)(H,16,17)/t8-/m1/s1. The zero-order valence-corrected chi connectivity index (χ0v) is 11.1. The molecule has 0 saturated carbocycles. The highest BCUT2D eigenvalue weighted by atomic mass is 32.2. The topological polar surface area (TPSA) is 121 Å². The van der Waals surface area contributed by atoms with Crippen LogP contribution in [0.15, 0.2) is 23.1 Å². The monoisotopic (exact) mass is 305 g/mol. The summed E-state index contributed by atoms with van der Waals surface area (Å²) in [5, 5.41) is 17.3. The molecule has 1 atom stereocenters. The van der Waals surface area contributed by atoms with Gasteiger partial charge in [0.2, 0.25) is 10.0 Å². The third-order valence-electron chi connectivity index (χ3n) is 2.40. The Labute approximate surface area is 114 Å². The van der Waals surface area contributed by atoms with Gasteiger partial charge in [0.25, 0.3) is 0 Å². The summed E-state index contributed by atoms with van der Waals surface area (Å²) in [6, 6.07) is 1.06. The van der Waals surface area contributed by atoms with Crippen molar-refractivity contribution in [1.29, 1.82) is 0 Å². The van der Waals surface area contributed by atoms with Crippen LogP contribution < -0.4 is 4.72 Å². The van der Waals surface area contributed by atoms with E-state index in [2.05, 4.69) is 0 Å². The maximum absolute atomic E-state index is 12.9. The van der Waals surface area contributed by atoms with Crippen LogP contribution in [-0.4, -0.2) is 36.6 Å². The van der Waals surface area contributed by atoms with Gasteiger partial charge in [-0.2, -0.15) is 4.72 Å². The first-order valence-electron chi connectivity index (χ1n) is 5.36. The van der Waals surface area contributed by atoms with E-state index in [-0.39, 0.29) is 10.5 Å². The molecule has 0 aromatic heterocycles. The zero-order chi connectivity index (χ0) is 15.5. The first kappa shape index (κ1) is 16.1. The number of hydrogen-bond acceptors (Lipinski definition) is 4. The van der Waals surface area contributed by atoms with E-state index in [4.69, 9.17) is 10.2 Å². The van der Waals surface area contributed by atoms with Gasteiger partial charge in [-0.05, 0) is 30.7 Å². The van der Waals surface area contributed by atoms with Crippen LogP contribution in [0.25, 0.3) is 0 Å². The molecule has 0 saturated heterocycles. The first-order chi connectivity index (χ1) is 9.13. The van der Waals surface area contributed by atoms with Gasteiger partial charge in [-0.15, -0.1) is 0 Å². The zero-order valence-electron chi connectivity index (χ0n) is 10.3. The minimum atomic E-state index is -4.26. The number of rotatable bonds is 6. The largest absolute Gasteiger partial charge is 0.481 e. The number of carboxylic acids is 2. The van der Waals surface area contributed by atoms with Crippen LogP contribution in [0.5, 0.6) is 0 Å². The number of carboxylic acid groups (broad SMARTS) is 2. The van der Waals surface area contributed by atoms with Gasteiger partial charge in [0.1, 0.15) is 11.9 Å². The molecule has 0 spiro atoms. The number of carbonyl (C=O) groups is 2. The Balaban J connectivity index is 3.09. The van der Waals surface area contributed by atoms with Crippen molar-refractivity contribution >= 4 is 22.0 Å². The van der Waals surface area contributed by atoms with E-state index in [1.54, 1.807) is 4.72 Å². The van der Waals surface area contributed by atoms with Gasteiger partial charge < -0.3 is 10.2 Å². The van der Waals surface area contributed by atoms with E-state index in [0.717, 1.165) is 18.2 Å². The van der Waals surface area contributed by atoms with Crippen LogP contribution in [0.3, 0.4) is 0 Å². The molecule has 1 aromatic carbocycles. The highest BCUT2D eigenvalue weighted by Gasteiger charge is 2.28. The van der Waals surface area contributed by atoms with Gasteiger partial charge in [0.15, 0.2) is 0 Å². The summed E-state index contributed by atoms with van der Waals surface area (Å²) in [7, 11) is -4.26. The van der Waals surface area contributed by atoms with Crippen molar-refractivity contribution in [3.05, 3.63) is 29.6 Å². The second-order valence-corrected chi connectivity index (χ2v) is 5.70. The summed E-state index contributed by atoms with van der Waals surface area (Å²) in [6.45, 7) is 1.34. The van der Waals surface area contributed by atoms with Crippen molar-refractivity contribution < 1.29 is 32.6 Å². The maximum Gasteiger partial charge on any atom is 0.322 e. The quantitative estimate of drug-likeness (QED) is 0.697. The Morgan fingerprint density at radius 1 is 1.35 bits per heavy atom. The van der Waals surface area contributed by atoms with Crippen molar-refractivity contribution in [2.45, 2.75) is 24.3 Å². The molecule has 0 aliphatic carbocycles. The molecule has 0 radical (unpaired) electrons. The summed E-state index contributed by atoms with van der Waals surface area (Å²) in [4.78, 5) is 21.0. The van der Waals surface area contributed by atoms with Gasteiger partial charge in [0.05, 0.1) is 11.3 Å². The van der Waals surface area contributed by atoms with Crippen LogP contribution in [0, 0.1) is 12.7 Å². The Morgan fingerprint density at radius 2 is 1.95 bits per heavy atom. The van der Waals surface area contributed by atoms with Crippen molar-refractivity contribution in [2.75, 3.05) is 0 Å². The highest BCUT2D eigenvalue weighted by molar-refractivity contribution is 7.89. The Hall–Kier alpha value is -2.00. The fourth-order valence-corrected chi connectivity index (χ4v) is 2.93. The Kier molecular flexibility index (Phi) is 4.79. The Morgan fingerprint density at radius 3 is 2.40 bits per heavy atom. The third-order valence-corrected chi connectivity index (χ3v) is 4.03. The minimum Gasteiger partial charge on any atom is -0.481 e. The molecule has 0 aliphatic rings. The van der Waals surface area contributed by atoms with Crippen molar-refractivity contribution in [3.8, 4) is 0 Å². The van der Waals surface area contributed by atoms with Gasteiger partial charge in [-0.25, -0.2) is 12.8 Å². The van der Waals surface area contributed by atoms with Crippen molar-refractivity contribution in [3.63, 3.8) is 0 Å². The smallest absolute Gasteiger partial charge is 0.322 e. The summed E-state index contributed by atoms with van der Waals surface area (Å²) < 4.78 is 38.6. The molecule has 0 heterocycles. The lowest BCUT2D eigenvalue weighted by atomic mass is 10.2. The lowest BCUT2D eigenvalue weighted by Crippen LogP contribution is -2.42. The molecule has 110 valence electrons. The first-order valence-corrected chi connectivity index (χ1v) is 6.85. The van der Waals surface area contributed by atoms with Gasteiger partial charge in [-0.3, -0.25) is 9.59 Å². The Bertz CT molecular complexity index is 642. The average Bonchev–Trinajstić information content (AvgIpc) is 2.26. The number of sulfonamides is 1. The minimum absolute atomic E-state index is 0.0805. The molecule has 9 heteroatoms. The lowest BCUT2D eigenvalue weighted by Gasteiger charge is -2.14. The third kappa shape index (κ3) is 4.00. The van der Waals surface area contributed by atoms with E-state index in [1.165, 1.54) is 6.92 Å². The molecule has 0 unspecified atom stereocenters. The fourth-order valence-electron chi connectivity index (χ4n) is 1.52. The number of aliphatic carboxylic acids is 2. The predicted octanol–water partition coefficient (Wildman–Crippen LogP) is 0.340. The molecule has 1 aromatic rings. The number of benzene rings is 1. The molecule has 7 nitrogen and oxygen atoms in total. The molecule has 0 fully saturated rings. The summed E-state index contributed by atoms with van der Waals surface area (Å²) >= 11 is 0. The molecule has 3 N–H and O–H groups in total. The number of nitrogens with one attached hydrogen (secondary N) is 1. The van der Waals surface area contributed by atoms with E-state index >= 15 is 0 Å². The van der Waals surface area contributed by atoms with Crippen LogP contribution in [0.2, 0.25) is 0 Å². The SMILES string of the molecule is Cc1cc(F)ccc1S(=O)(=O)N[C@H](CC(=O)O)C(=O)O. The van der Waals surface area contributed by atoms with Gasteiger partial charge in [0, 0.05) is 0 Å². The maximum atomic E-state index is 12.9. The van der Waals surface area contributed by atoms with Gasteiger partial charge >= 0.3 is 11.9 Å². The van der Waals surface area contributed by atoms with E-state index in [1.807, 2.05) is 0 Å². The van der Waals surface area contributed by atoms with E-state index in [9.17, 15) is 22.4 Å². The summed E-state index contributed by atoms with van der Waals surface area (Å²) in [6.07, 6.45) is -0.908. The predicted molar refractivity (Wildman–Crippen MR) is 65.1 cm³/mol. The number of halogens is 1. The van der Waals surface area contributed by atoms with Crippen LogP contribution in [0.4, 0.5) is 4.39 Å². The molecule has 0 bridgehead atoms. The summed E-state index contributed by atoms with van der Waals surface area (Å²) in [5.74, 6) is -3.71. The van der Waals surface area contributed by atoms with Crippen LogP contribution in [0.1, 0.15) is 12.0 Å². The lowest BCUT2D eigenvalue weighted by molar-refractivity contribution is -0.145. The van der Waals surface area contributed by atoms with Crippen molar-refractivity contribution in [1.82, 2.24) is 4.72 Å². The number of hydrogen-bond donors (Lipinski definition) is 3. The second kappa shape index (κ2) is 5.97. The average molecular weight is 305 g/mol. The highest BCUT2D eigenvalue weighted by Crippen LogP contribution is 2.16. The molecule has 1 rings (SSSR count). The fraction of sp³-hybridized carbons (Fsp3) is 0.273. The normalized spacial score (nSPS) is 12.9. The van der Waals surface area contributed by atoms with Gasteiger partial charge in [-0.1, -0.05) is 0 Å². The molecule has 0 amide bonds. The van der Waals surface area contributed by atoms with Crippen molar-refractivity contribution in [2.24, 2.45) is 0 Å². The van der Waals surface area contributed by atoms with Crippen LogP contribution in [-0.2, 0) is 19.6 Å². The summed E-state index contributed by atoms with van der Waals surface area (Å²) in [5.41, 5.74) is 0.0805. The molecular formula is C11H12FNO6S. The molecular weight excluding hydrogens is 293 g/mol. The van der Waals surface area contributed by atoms with E-state index < -0.39 is 40.2 Å². The second-order valence-electron chi connectivity index (χ2n) is 4.02. The van der Waals surface area contributed by atoms with E-state index in [0.29, 0.717) is 0 Å².